The van der Waals surface area contributed by atoms with E-state index in [-0.39, 0.29) is 47.6 Å². The van der Waals surface area contributed by atoms with E-state index in [1.807, 2.05) is 0 Å². The number of guanidine groups is 2. The van der Waals surface area contributed by atoms with E-state index in [1.165, 1.54) is 20.3 Å². The van der Waals surface area contributed by atoms with Crippen LogP contribution in [0.1, 0.15) is 72.4 Å². The van der Waals surface area contributed by atoms with Crippen LogP contribution in [0.5, 0.6) is 23.0 Å². The van der Waals surface area contributed by atoms with Gasteiger partial charge in [-0.15, -0.1) is 0 Å². The van der Waals surface area contributed by atoms with Crippen LogP contribution in [0.3, 0.4) is 0 Å². The lowest BCUT2D eigenvalue weighted by Crippen LogP contribution is -2.29. The molecule has 270 valence electrons. The van der Waals surface area contributed by atoms with E-state index in [9.17, 15) is 9.59 Å². The predicted molar refractivity (Wildman–Crippen MR) is 196 cm³/mol. The highest BCUT2D eigenvalue weighted by atomic mass is 16.5. The van der Waals surface area contributed by atoms with Crippen LogP contribution in [0, 0.1) is 22.7 Å². The van der Waals surface area contributed by atoms with Gasteiger partial charge in [-0.05, 0) is 66.1 Å². The van der Waals surface area contributed by atoms with Crippen LogP contribution in [0.4, 0.5) is 11.4 Å². The number of ether oxygens (including phenoxy) is 4. The fourth-order valence-corrected chi connectivity index (χ4v) is 4.66. The number of nitrogens with two attached hydrogens (primary N) is 2. The number of carbonyl (C=O) groups excluding carboxylic acids is 2. The van der Waals surface area contributed by atoms with Gasteiger partial charge in [0.15, 0.2) is 11.9 Å². The highest BCUT2D eigenvalue weighted by Gasteiger charge is 2.24. The molecule has 2 amide bonds. The van der Waals surface area contributed by atoms with Crippen LogP contribution >= 0.6 is 0 Å². The molecule has 0 bridgehead atoms. The third kappa shape index (κ3) is 11.8. The third-order valence-corrected chi connectivity index (χ3v) is 7.47. The minimum absolute atomic E-state index is 0.107. The van der Waals surface area contributed by atoms with Crippen molar-refractivity contribution in [2.45, 2.75) is 53.6 Å². The van der Waals surface area contributed by atoms with Crippen molar-refractivity contribution >= 4 is 35.1 Å². The Morgan fingerprint density at radius 3 is 1.38 bits per heavy atom. The zero-order chi connectivity index (χ0) is 36.8. The maximum Gasteiger partial charge on any atom is 0.259 e. The van der Waals surface area contributed by atoms with Crippen LogP contribution in [0.2, 0.25) is 0 Å². The SMILES string of the molecule is COc1ccc(CNC(=N)N)cc1NC(=O)c1cc(C(=O)Nc2cc(CNC(=N)N)ccc2OC)c(OCCC(C)C)cc1OCCC(C)C. The first-order valence-corrected chi connectivity index (χ1v) is 16.4. The molecule has 0 saturated carbocycles. The molecule has 0 saturated heterocycles. The summed E-state index contributed by atoms with van der Waals surface area (Å²) < 4.78 is 23.3. The van der Waals surface area contributed by atoms with Gasteiger partial charge < -0.3 is 51.7 Å². The number of anilines is 2. The Morgan fingerprint density at radius 1 is 0.640 bits per heavy atom. The molecule has 3 aromatic rings. The first-order valence-electron chi connectivity index (χ1n) is 16.4. The standard InChI is InChI=1S/C36H50N8O6/c1-21(2)11-13-49-31-18-32(50-14-12-22(3)4)26(34(46)44-28-16-24(20-42-36(39)40)8-10-30(28)48-6)17-25(31)33(45)43-27-15-23(19-41-35(37)38)7-9-29(27)47-5/h7-10,15-18,21-22H,11-14,19-20H2,1-6H3,(H,43,45)(H,44,46)(H4,37,38,41)(H4,39,40,42). The molecule has 0 heterocycles. The molecule has 3 aromatic carbocycles. The summed E-state index contributed by atoms with van der Waals surface area (Å²) in [7, 11) is 2.98. The van der Waals surface area contributed by atoms with Crippen molar-refractivity contribution in [3.05, 3.63) is 70.8 Å². The highest BCUT2D eigenvalue weighted by molar-refractivity contribution is 6.12. The maximum atomic E-state index is 14.1. The number of hydrogen-bond donors (Lipinski definition) is 8. The van der Waals surface area contributed by atoms with Crippen LogP contribution in [0.15, 0.2) is 48.5 Å². The van der Waals surface area contributed by atoms with E-state index < -0.39 is 11.8 Å². The molecule has 0 aliphatic carbocycles. The number of benzene rings is 3. The number of hydrogen-bond acceptors (Lipinski definition) is 8. The summed E-state index contributed by atoms with van der Waals surface area (Å²) in [6.07, 6.45) is 1.47. The van der Waals surface area contributed by atoms with E-state index in [0.29, 0.717) is 47.9 Å². The number of nitrogens with one attached hydrogen (secondary N) is 6. The lowest BCUT2D eigenvalue weighted by molar-refractivity contribution is 0.102. The van der Waals surface area contributed by atoms with E-state index in [4.69, 9.17) is 41.2 Å². The van der Waals surface area contributed by atoms with E-state index >= 15 is 0 Å². The van der Waals surface area contributed by atoms with Gasteiger partial charge in [0.25, 0.3) is 11.8 Å². The molecule has 0 unspecified atom stereocenters. The van der Waals surface area contributed by atoms with Gasteiger partial charge in [0.2, 0.25) is 0 Å². The van der Waals surface area contributed by atoms with Crippen LogP contribution in [-0.4, -0.2) is 51.2 Å². The van der Waals surface area contributed by atoms with Crippen molar-refractivity contribution in [3.8, 4) is 23.0 Å². The lowest BCUT2D eigenvalue weighted by atomic mass is 10.0. The summed E-state index contributed by atoms with van der Waals surface area (Å²) in [6.45, 7) is 9.48. The maximum absolute atomic E-state index is 14.1. The molecule has 3 rings (SSSR count). The van der Waals surface area contributed by atoms with Crippen molar-refractivity contribution < 1.29 is 28.5 Å². The van der Waals surface area contributed by atoms with Crippen molar-refractivity contribution in [3.63, 3.8) is 0 Å². The zero-order valence-corrected chi connectivity index (χ0v) is 29.6. The van der Waals surface area contributed by atoms with Gasteiger partial charge in [0, 0.05) is 19.2 Å². The average Bonchev–Trinajstić information content (AvgIpc) is 3.06. The number of amides is 2. The van der Waals surface area contributed by atoms with Crippen molar-refractivity contribution in [2.24, 2.45) is 23.3 Å². The minimum Gasteiger partial charge on any atom is -0.495 e. The Bertz CT molecular complexity index is 1540. The van der Waals surface area contributed by atoms with Crippen LogP contribution in [0.25, 0.3) is 0 Å². The monoisotopic (exact) mass is 690 g/mol. The Kier molecular flexibility index (Phi) is 14.6. The molecular formula is C36H50N8O6. The highest BCUT2D eigenvalue weighted by Crippen LogP contribution is 2.34. The molecule has 0 aliphatic heterocycles. The van der Waals surface area contributed by atoms with Crippen molar-refractivity contribution in [2.75, 3.05) is 38.1 Å². The van der Waals surface area contributed by atoms with Crippen LogP contribution in [-0.2, 0) is 13.1 Å². The number of rotatable bonds is 18. The second kappa shape index (κ2) is 18.8. The fraction of sp³-hybridized carbons (Fsp3) is 0.389. The summed E-state index contributed by atoms with van der Waals surface area (Å²) in [5.41, 5.74) is 13.4. The smallest absolute Gasteiger partial charge is 0.259 e. The van der Waals surface area contributed by atoms with Gasteiger partial charge >= 0.3 is 0 Å². The quantitative estimate of drug-likeness (QED) is 0.0658. The van der Waals surface area contributed by atoms with Crippen LogP contribution < -0.4 is 51.7 Å². The Hall–Kier alpha value is -5.66. The van der Waals surface area contributed by atoms with Gasteiger partial charge in [0.05, 0.1) is 49.9 Å². The van der Waals surface area contributed by atoms with Gasteiger partial charge in [0.1, 0.15) is 23.0 Å². The molecule has 0 spiro atoms. The van der Waals surface area contributed by atoms with Crippen molar-refractivity contribution in [1.29, 1.82) is 10.8 Å². The first kappa shape index (κ1) is 38.8. The second-order valence-corrected chi connectivity index (χ2v) is 12.4. The predicted octanol–water partition coefficient (Wildman–Crippen LogP) is 5.02. The van der Waals surface area contributed by atoms with E-state index in [1.54, 1.807) is 42.5 Å². The lowest BCUT2D eigenvalue weighted by Gasteiger charge is -2.19. The molecule has 14 nitrogen and oxygen atoms in total. The number of methoxy groups -OCH3 is 2. The molecule has 0 radical (unpaired) electrons. The van der Waals surface area contributed by atoms with Gasteiger partial charge in [-0.3, -0.25) is 20.4 Å². The minimum atomic E-state index is -0.544. The molecule has 50 heavy (non-hydrogen) atoms. The summed E-state index contributed by atoms with van der Waals surface area (Å²) >= 11 is 0. The molecule has 0 atom stereocenters. The Morgan fingerprint density at radius 2 is 1.04 bits per heavy atom. The normalized spacial score (nSPS) is 10.7. The summed E-state index contributed by atoms with van der Waals surface area (Å²) in [6, 6.07) is 13.4. The Labute approximate surface area is 293 Å². The first-order chi connectivity index (χ1) is 23.8. The fourth-order valence-electron chi connectivity index (χ4n) is 4.66. The van der Waals surface area contributed by atoms with E-state index in [0.717, 1.165) is 24.0 Å². The van der Waals surface area contributed by atoms with Gasteiger partial charge in [-0.2, -0.15) is 0 Å². The van der Waals surface area contributed by atoms with Gasteiger partial charge in [-0.25, -0.2) is 0 Å². The zero-order valence-electron chi connectivity index (χ0n) is 29.6. The van der Waals surface area contributed by atoms with Gasteiger partial charge in [-0.1, -0.05) is 39.8 Å². The third-order valence-electron chi connectivity index (χ3n) is 7.47. The molecule has 0 fully saturated rings. The largest absolute Gasteiger partial charge is 0.495 e. The summed E-state index contributed by atoms with van der Waals surface area (Å²) in [5.74, 6) is 0.563. The van der Waals surface area contributed by atoms with E-state index in [2.05, 4.69) is 49.0 Å². The molecule has 0 aliphatic rings. The second-order valence-electron chi connectivity index (χ2n) is 12.4. The topological polar surface area (TPSA) is 219 Å². The number of carbonyl (C=O) groups is 2. The molecule has 0 aromatic heterocycles. The van der Waals surface area contributed by atoms with Crippen molar-refractivity contribution in [1.82, 2.24) is 10.6 Å². The Balaban J connectivity index is 2.09. The molecule has 10 N–H and O–H groups in total. The molecular weight excluding hydrogens is 640 g/mol. The molecule has 14 heteroatoms. The summed E-state index contributed by atoms with van der Waals surface area (Å²) in [5, 5.41) is 26.2. The average molecular weight is 691 g/mol. The summed E-state index contributed by atoms with van der Waals surface area (Å²) in [4.78, 5) is 28.1.